The predicted molar refractivity (Wildman–Crippen MR) is 258 cm³/mol. The number of aliphatic hydroxyl groups excluding tert-OH is 2. The molecular weight excluding hydrogens is 965 g/mol. The van der Waals surface area contributed by atoms with E-state index in [4.69, 9.17) is 16.9 Å². The molecule has 0 bridgehead atoms. The maximum atomic E-state index is 13.7. The van der Waals surface area contributed by atoms with Crippen LogP contribution in [0.3, 0.4) is 0 Å². The molecule has 0 saturated carbocycles. The molecule has 0 saturated heterocycles. The van der Waals surface area contributed by atoms with Crippen LogP contribution in [0.2, 0.25) is 0 Å². The standard InChI is InChI=1S/C45H72N12O16/c1-21(2)17-29(53-37(65)26(46)18-25-11-8-7-9-12-25)41(69)57-35(24(6)59)43(71)54-30(19-33(62)63)40(68)52-28(14-15-32(60)61)38(66)50-23(5)36(64)51-27(13-10-16-49-45(47)48)39(67)55-31(20-58)42(70)56-34(22(3)4)44(72)73/h7-9,11-12,21-24,26-31,34-35,58-59H,10,13-20,46H2,1-6H3,(H,50,66)(H,51,64)(H,52,68)(H,53,65)(H,54,71)(H,55,67)(H,56,70)(H,57,69)(H,60,61)(H,62,63)(H,72,73)(H4,47,48,49). The normalized spacial score (nSPS) is 15.2. The van der Waals surface area contributed by atoms with Gasteiger partial charge < -0.3 is 84.9 Å². The van der Waals surface area contributed by atoms with Gasteiger partial charge in [-0.25, -0.2) is 4.79 Å². The molecule has 0 aliphatic heterocycles. The number of aliphatic hydroxyl groups is 2. The molecule has 0 fully saturated rings. The zero-order valence-corrected chi connectivity index (χ0v) is 41.6. The number of carboxylic acids is 3. The monoisotopic (exact) mass is 1040 g/mol. The first-order valence-electron chi connectivity index (χ1n) is 23.3. The molecule has 0 spiro atoms. The van der Waals surface area contributed by atoms with Crippen molar-refractivity contribution in [3.8, 4) is 0 Å². The Bertz CT molecular complexity index is 2090. The van der Waals surface area contributed by atoms with Crippen LogP contribution in [0, 0.1) is 17.2 Å². The fourth-order valence-electron chi connectivity index (χ4n) is 6.76. The molecule has 73 heavy (non-hydrogen) atoms. The smallest absolute Gasteiger partial charge is 0.326 e. The molecule has 28 heteroatoms. The summed E-state index contributed by atoms with van der Waals surface area (Å²) in [6.45, 7) is 7.76. The number of nitrogens with one attached hydrogen (secondary N) is 10. The predicted octanol–water partition coefficient (Wildman–Crippen LogP) is -4.78. The fraction of sp³-hybridized carbons (Fsp3) is 0.600. The van der Waals surface area contributed by atoms with E-state index in [2.05, 4.69) is 47.9 Å². The number of carboxylic acid groups (broad SMARTS) is 3. The summed E-state index contributed by atoms with van der Waals surface area (Å²) in [5.74, 6) is -14.3. The van der Waals surface area contributed by atoms with Gasteiger partial charge in [0.15, 0.2) is 5.96 Å². The zero-order valence-electron chi connectivity index (χ0n) is 41.6. The van der Waals surface area contributed by atoms with Crippen molar-refractivity contribution in [2.45, 2.75) is 147 Å². The van der Waals surface area contributed by atoms with Crippen molar-refractivity contribution in [2.75, 3.05) is 13.2 Å². The number of nitrogens with two attached hydrogens (primary N) is 2. The topological polar surface area (TPSA) is 473 Å². The van der Waals surface area contributed by atoms with Gasteiger partial charge in [0.25, 0.3) is 0 Å². The second-order valence-electron chi connectivity index (χ2n) is 18.0. The number of aliphatic carboxylic acids is 3. The summed E-state index contributed by atoms with van der Waals surface area (Å²) in [4.78, 5) is 143. The lowest BCUT2D eigenvalue weighted by Gasteiger charge is -2.28. The molecule has 408 valence electrons. The molecule has 10 unspecified atom stereocenters. The van der Waals surface area contributed by atoms with Crippen molar-refractivity contribution in [1.29, 1.82) is 5.41 Å². The highest BCUT2D eigenvalue weighted by molar-refractivity contribution is 5.99. The minimum Gasteiger partial charge on any atom is -0.481 e. The van der Waals surface area contributed by atoms with Gasteiger partial charge in [0.1, 0.15) is 48.3 Å². The quantitative estimate of drug-likeness (QED) is 0.0178. The summed E-state index contributed by atoms with van der Waals surface area (Å²) in [6.07, 6.45) is -4.21. The number of amides is 8. The van der Waals surface area contributed by atoms with Gasteiger partial charge in [-0.05, 0) is 63.4 Å². The molecule has 0 radical (unpaired) electrons. The Morgan fingerprint density at radius 2 is 1.08 bits per heavy atom. The highest BCUT2D eigenvalue weighted by Crippen LogP contribution is 2.10. The average Bonchev–Trinajstić information content (AvgIpc) is 3.29. The summed E-state index contributed by atoms with van der Waals surface area (Å²) >= 11 is 0. The van der Waals surface area contributed by atoms with Crippen molar-refractivity contribution in [3.63, 3.8) is 0 Å². The van der Waals surface area contributed by atoms with Crippen molar-refractivity contribution in [1.82, 2.24) is 47.9 Å². The molecule has 28 nitrogen and oxygen atoms in total. The Balaban J connectivity index is 3.31. The first-order chi connectivity index (χ1) is 34.1. The Labute approximate surface area is 421 Å². The van der Waals surface area contributed by atoms with E-state index in [1.807, 2.05) is 0 Å². The van der Waals surface area contributed by atoms with Gasteiger partial charge >= 0.3 is 17.9 Å². The molecule has 0 aliphatic rings. The number of benzene rings is 1. The van der Waals surface area contributed by atoms with E-state index in [1.165, 1.54) is 13.8 Å². The summed E-state index contributed by atoms with van der Waals surface area (Å²) in [5, 5.41) is 77.1. The van der Waals surface area contributed by atoms with E-state index < -0.39 is 163 Å². The van der Waals surface area contributed by atoms with Gasteiger partial charge in [0, 0.05) is 13.0 Å². The molecule has 19 N–H and O–H groups in total. The number of hydrogen-bond acceptors (Lipinski definition) is 15. The van der Waals surface area contributed by atoms with E-state index >= 15 is 0 Å². The minimum atomic E-state index is -2.03. The lowest BCUT2D eigenvalue weighted by molar-refractivity contribution is -0.144. The van der Waals surface area contributed by atoms with Crippen LogP contribution in [0.5, 0.6) is 0 Å². The van der Waals surface area contributed by atoms with Crippen LogP contribution in [0.15, 0.2) is 30.3 Å². The van der Waals surface area contributed by atoms with E-state index in [-0.39, 0.29) is 38.1 Å². The molecule has 0 aliphatic carbocycles. The molecule has 1 aromatic carbocycles. The summed E-state index contributed by atoms with van der Waals surface area (Å²) in [5.41, 5.74) is 12.2. The van der Waals surface area contributed by atoms with Crippen molar-refractivity contribution >= 4 is 71.1 Å². The van der Waals surface area contributed by atoms with Gasteiger partial charge in [0.2, 0.25) is 47.3 Å². The Kier molecular flexibility index (Phi) is 27.7. The fourth-order valence-corrected chi connectivity index (χ4v) is 6.76. The average molecular weight is 1040 g/mol. The van der Waals surface area contributed by atoms with Gasteiger partial charge in [-0.1, -0.05) is 58.0 Å². The lowest BCUT2D eigenvalue weighted by Crippen LogP contribution is -2.62. The van der Waals surface area contributed by atoms with Crippen molar-refractivity contribution < 1.29 is 78.3 Å². The third kappa shape index (κ3) is 24.0. The largest absolute Gasteiger partial charge is 0.481 e. The SMILES string of the molecule is CC(C)CC(NC(=O)C(N)Cc1ccccc1)C(=O)NC(C(=O)NC(CC(=O)O)C(=O)NC(CCC(=O)O)C(=O)NC(C)C(=O)NC(CCCNC(=N)N)C(=O)NC(CO)C(=O)NC(C(=O)O)C(C)C)C(C)O. The van der Waals surface area contributed by atoms with Crippen LogP contribution in [0.1, 0.15) is 85.6 Å². The van der Waals surface area contributed by atoms with Crippen LogP contribution in [0.4, 0.5) is 0 Å². The highest BCUT2D eigenvalue weighted by atomic mass is 16.4. The molecule has 10 atom stereocenters. The van der Waals surface area contributed by atoms with E-state index in [9.17, 15) is 78.3 Å². The van der Waals surface area contributed by atoms with E-state index in [1.54, 1.807) is 44.2 Å². The molecular formula is C45H72N12O16. The van der Waals surface area contributed by atoms with Crippen LogP contribution in [-0.4, -0.2) is 170 Å². The molecule has 1 rings (SSSR count). The van der Waals surface area contributed by atoms with Gasteiger partial charge in [-0.2, -0.15) is 0 Å². The number of hydrogen-bond donors (Lipinski definition) is 17. The lowest BCUT2D eigenvalue weighted by atomic mass is 10.0. The number of carbonyl (C=O) groups excluding carboxylic acids is 8. The van der Waals surface area contributed by atoms with Gasteiger partial charge in [0.05, 0.1) is 25.2 Å². The maximum absolute atomic E-state index is 13.7. The van der Waals surface area contributed by atoms with Crippen LogP contribution in [0.25, 0.3) is 0 Å². The van der Waals surface area contributed by atoms with Gasteiger partial charge in [-0.15, -0.1) is 0 Å². The molecule has 1 aromatic rings. The Morgan fingerprint density at radius 3 is 1.60 bits per heavy atom. The number of carbonyl (C=O) groups is 11. The third-order valence-electron chi connectivity index (χ3n) is 10.7. The first kappa shape index (κ1) is 63.6. The third-order valence-corrected chi connectivity index (χ3v) is 10.7. The minimum absolute atomic E-state index is 0.0202. The van der Waals surface area contributed by atoms with Crippen LogP contribution < -0.4 is 59.3 Å². The van der Waals surface area contributed by atoms with Gasteiger partial charge in [-0.3, -0.25) is 53.4 Å². The Hall–Kier alpha value is -7.46. The van der Waals surface area contributed by atoms with Crippen LogP contribution in [-0.2, 0) is 59.2 Å². The molecule has 0 aromatic heterocycles. The summed E-state index contributed by atoms with van der Waals surface area (Å²) in [7, 11) is 0. The summed E-state index contributed by atoms with van der Waals surface area (Å²) < 4.78 is 0. The van der Waals surface area contributed by atoms with E-state index in [0.717, 1.165) is 19.4 Å². The maximum Gasteiger partial charge on any atom is 0.326 e. The number of rotatable bonds is 33. The second-order valence-corrected chi connectivity index (χ2v) is 18.0. The zero-order chi connectivity index (χ0) is 55.7. The van der Waals surface area contributed by atoms with Crippen LogP contribution >= 0.6 is 0 Å². The molecule has 8 amide bonds. The Morgan fingerprint density at radius 1 is 0.589 bits per heavy atom. The highest BCUT2D eigenvalue weighted by Gasteiger charge is 2.36. The van der Waals surface area contributed by atoms with Crippen molar-refractivity contribution in [3.05, 3.63) is 35.9 Å². The second kappa shape index (κ2) is 31.8. The molecule has 0 heterocycles. The first-order valence-corrected chi connectivity index (χ1v) is 23.3. The summed E-state index contributed by atoms with van der Waals surface area (Å²) in [6, 6.07) is -5.45. The van der Waals surface area contributed by atoms with Crippen molar-refractivity contribution in [2.24, 2.45) is 23.3 Å². The number of guanidine groups is 1. The van der Waals surface area contributed by atoms with E-state index in [0.29, 0.717) is 0 Å².